The van der Waals surface area contributed by atoms with Crippen LogP contribution in [0.4, 0.5) is 0 Å². The number of hydrogen-bond donors (Lipinski definition) is 1. The van der Waals surface area contributed by atoms with Crippen LogP contribution < -0.4 is 5.32 Å². The molecule has 1 saturated carbocycles. The molecule has 1 unspecified atom stereocenters. The fraction of sp³-hybridized carbons (Fsp3) is 0.357. The maximum Gasteiger partial charge on any atom is 0.245 e. The van der Waals surface area contributed by atoms with E-state index in [4.69, 9.17) is 16.9 Å². The van der Waals surface area contributed by atoms with Crippen LogP contribution in [0.3, 0.4) is 0 Å². The van der Waals surface area contributed by atoms with Crippen molar-refractivity contribution in [1.29, 1.82) is 5.26 Å². The molecular weight excluding hydrogens is 310 g/mol. The number of amides is 1. The summed E-state index contributed by atoms with van der Waals surface area (Å²) in [4.78, 5) is 33.9. The van der Waals surface area contributed by atoms with Crippen LogP contribution in [0.1, 0.15) is 12.0 Å². The van der Waals surface area contributed by atoms with E-state index in [0.29, 0.717) is 5.02 Å². The molecule has 0 bridgehead atoms. The molecule has 1 amide bonds. The summed E-state index contributed by atoms with van der Waals surface area (Å²) in [6.45, 7) is 0.119. The zero-order valence-electron chi connectivity index (χ0n) is 11.4. The summed E-state index contributed by atoms with van der Waals surface area (Å²) in [7, 11) is 0. The number of ketones is 1. The number of rotatable bonds is 6. The minimum Gasteiger partial charge on any atom is -0.350 e. The third-order valence-electron chi connectivity index (χ3n) is 3.42. The standard InChI is InChI=1S/C14H12ClN3O4/c15-9-3-1-2-8(4-9)7-17-14(20)11(6-16)13(19)10-5-12(10)18(21)22/h1-4,10-12H,5,7H2,(H,17,20)/t10-,11?,12-/m1/s1. The fourth-order valence-corrected chi connectivity index (χ4v) is 2.34. The number of carbonyl (C=O) groups is 2. The molecule has 0 radical (unpaired) electrons. The first-order valence-electron chi connectivity index (χ1n) is 6.53. The van der Waals surface area contributed by atoms with E-state index < -0.39 is 34.5 Å². The molecule has 0 aliphatic heterocycles. The molecule has 0 spiro atoms. The van der Waals surface area contributed by atoms with Gasteiger partial charge < -0.3 is 5.32 Å². The number of Topliss-reactive ketones (excluding diaryl/α,β-unsaturated/α-hetero) is 1. The molecule has 0 aromatic heterocycles. The van der Waals surface area contributed by atoms with Gasteiger partial charge in [0.25, 0.3) is 0 Å². The Morgan fingerprint density at radius 1 is 1.55 bits per heavy atom. The van der Waals surface area contributed by atoms with E-state index in [-0.39, 0.29) is 13.0 Å². The second-order valence-corrected chi connectivity index (χ2v) is 5.44. The number of nitro groups is 1. The van der Waals surface area contributed by atoms with Crippen molar-refractivity contribution in [1.82, 2.24) is 5.32 Å². The van der Waals surface area contributed by atoms with Gasteiger partial charge in [0.15, 0.2) is 11.7 Å². The second-order valence-electron chi connectivity index (χ2n) is 5.01. The van der Waals surface area contributed by atoms with Crippen LogP contribution in [-0.4, -0.2) is 22.7 Å². The molecule has 0 heterocycles. The number of nitrogens with zero attached hydrogens (tertiary/aromatic N) is 2. The molecule has 0 saturated heterocycles. The van der Waals surface area contributed by atoms with E-state index in [2.05, 4.69) is 5.32 Å². The lowest BCUT2D eigenvalue weighted by Gasteiger charge is -2.09. The summed E-state index contributed by atoms with van der Waals surface area (Å²) in [6, 6.07) is 7.42. The average Bonchev–Trinajstić information content (AvgIpc) is 3.26. The summed E-state index contributed by atoms with van der Waals surface area (Å²) in [5.74, 6) is -3.79. The molecule has 1 aromatic rings. The summed E-state index contributed by atoms with van der Waals surface area (Å²) in [5.41, 5.74) is 0.722. The van der Waals surface area contributed by atoms with Gasteiger partial charge in [-0.25, -0.2) is 0 Å². The Bertz CT molecular complexity index is 670. The van der Waals surface area contributed by atoms with Gasteiger partial charge in [-0.2, -0.15) is 5.26 Å². The van der Waals surface area contributed by atoms with Gasteiger partial charge >= 0.3 is 0 Å². The van der Waals surface area contributed by atoms with Gasteiger partial charge in [-0.15, -0.1) is 0 Å². The topological polar surface area (TPSA) is 113 Å². The third-order valence-corrected chi connectivity index (χ3v) is 3.66. The Balaban J connectivity index is 1.94. The molecule has 3 atom stereocenters. The normalized spacial score (nSPS) is 20.5. The molecule has 1 aliphatic rings. The largest absolute Gasteiger partial charge is 0.350 e. The van der Waals surface area contributed by atoms with E-state index in [0.717, 1.165) is 5.56 Å². The number of halogens is 1. The van der Waals surface area contributed by atoms with Crippen molar-refractivity contribution < 1.29 is 14.5 Å². The van der Waals surface area contributed by atoms with Gasteiger partial charge in [-0.3, -0.25) is 19.7 Å². The van der Waals surface area contributed by atoms with Crippen LogP contribution in [0.5, 0.6) is 0 Å². The summed E-state index contributed by atoms with van der Waals surface area (Å²) >= 11 is 5.81. The molecule has 1 aromatic carbocycles. The van der Waals surface area contributed by atoms with Crippen LogP contribution in [0.2, 0.25) is 5.02 Å². The Labute approximate surface area is 131 Å². The third kappa shape index (κ3) is 3.59. The minimum absolute atomic E-state index is 0.0889. The zero-order chi connectivity index (χ0) is 16.3. The van der Waals surface area contributed by atoms with E-state index >= 15 is 0 Å². The van der Waals surface area contributed by atoms with E-state index in [1.807, 2.05) is 0 Å². The van der Waals surface area contributed by atoms with Gasteiger partial charge in [0.2, 0.25) is 11.9 Å². The molecule has 1 N–H and O–H groups in total. The van der Waals surface area contributed by atoms with Gasteiger partial charge in [0.05, 0.1) is 12.0 Å². The van der Waals surface area contributed by atoms with Gasteiger partial charge in [-0.05, 0) is 17.7 Å². The quantitative estimate of drug-likeness (QED) is 0.482. The molecule has 114 valence electrons. The predicted molar refractivity (Wildman–Crippen MR) is 76.3 cm³/mol. The highest BCUT2D eigenvalue weighted by atomic mass is 35.5. The molecule has 22 heavy (non-hydrogen) atoms. The first-order chi connectivity index (χ1) is 10.4. The summed E-state index contributed by atoms with van der Waals surface area (Å²) in [6.07, 6.45) is 0.0889. The average molecular weight is 322 g/mol. The number of nitrogens with one attached hydrogen (secondary N) is 1. The van der Waals surface area contributed by atoms with E-state index in [1.165, 1.54) is 0 Å². The minimum atomic E-state index is -1.52. The van der Waals surface area contributed by atoms with Crippen molar-refractivity contribution in [3.05, 3.63) is 45.0 Å². The van der Waals surface area contributed by atoms with Gasteiger partial charge in [0.1, 0.15) is 0 Å². The Hall–Kier alpha value is -2.46. The highest BCUT2D eigenvalue weighted by Gasteiger charge is 2.55. The molecule has 1 aliphatic carbocycles. The Morgan fingerprint density at radius 2 is 2.27 bits per heavy atom. The first kappa shape index (κ1) is 15.9. The SMILES string of the molecule is N#CC(C(=O)NCc1cccc(Cl)c1)C(=O)[C@@H]1C[C@H]1[N+](=O)[O-]. The lowest BCUT2D eigenvalue weighted by Crippen LogP contribution is -2.35. The van der Waals surface area contributed by atoms with Crippen molar-refractivity contribution >= 4 is 23.3 Å². The van der Waals surface area contributed by atoms with Crippen LogP contribution in [-0.2, 0) is 16.1 Å². The van der Waals surface area contributed by atoms with Crippen LogP contribution in [0.15, 0.2) is 24.3 Å². The number of nitriles is 1. The lowest BCUT2D eigenvalue weighted by molar-refractivity contribution is -0.497. The van der Waals surface area contributed by atoms with Crippen molar-refractivity contribution in [3.8, 4) is 6.07 Å². The van der Waals surface area contributed by atoms with Crippen molar-refractivity contribution in [3.63, 3.8) is 0 Å². The highest BCUT2D eigenvalue weighted by molar-refractivity contribution is 6.30. The second kappa shape index (κ2) is 6.54. The highest BCUT2D eigenvalue weighted by Crippen LogP contribution is 2.35. The summed E-state index contributed by atoms with van der Waals surface area (Å²) < 4.78 is 0. The maximum atomic E-state index is 11.9. The molecule has 8 heteroatoms. The fourth-order valence-electron chi connectivity index (χ4n) is 2.12. The van der Waals surface area contributed by atoms with Gasteiger partial charge in [0, 0.05) is 22.9 Å². The van der Waals surface area contributed by atoms with E-state index in [9.17, 15) is 19.7 Å². The number of benzene rings is 1. The zero-order valence-corrected chi connectivity index (χ0v) is 12.1. The molecule has 2 rings (SSSR count). The van der Waals surface area contributed by atoms with Crippen LogP contribution in [0.25, 0.3) is 0 Å². The van der Waals surface area contributed by atoms with Crippen molar-refractivity contribution in [2.75, 3.05) is 0 Å². The predicted octanol–water partition coefficient (Wildman–Crippen LogP) is 1.33. The number of hydrogen-bond acceptors (Lipinski definition) is 5. The Morgan fingerprint density at radius 3 is 2.82 bits per heavy atom. The monoisotopic (exact) mass is 321 g/mol. The summed E-state index contributed by atoms with van der Waals surface area (Å²) in [5, 5.41) is 22.5. The van der Waals surface area contributed by atoms with Gasteiger partial charge in [-0.1, -0.05) is 23.7 Å². The van der Waals surface area contributed by atoms with Crippen molar-refractivity contribution in [2.45, 2.75) is 19.0 Å². The lowest BCUT2D eigenvalue weighted by atomic mass is 10.0. The maximum absolute atomic E-state index is 11.9. The first-order valence-corrected chi connectivity index (χ1v) is 6.91. The molecular formula is C14H12ClN3O4. The van der Waals surface area contributed by atoms with Crippen LogP contribution in [0, 0.1) is 33.3 Å². The van der Waals surface area contributed by atoms with Crippen LogP contribution >= 0.6 is 11.6 Å². The van der Waals surface area contributed by atoms with E-state index in [1.54, 1.807) is 30.3 Å². The smallest absolute Gasteiger partial charge is 0.245 e. The number of carbonyl (C=O) groups excluding carboxylic acids is 2. The Kier molecular flexibility index (Phi) is 4.73. The molecule has 1 fully saturated rings. The van der Waals surface area contributed by atoms with Crippen molar-refractivity contribution in [2.24, 2.45) is 11.8 Å². The molecule has 7 nitrogen and oxygen atoms in total.